The summed E-state index contributed by atoms with van der Waals surface area (Å²) >= 11 is 0. The zero-order valence-corrected chi connectivity index (χ0v) is 14.6. The summed E-state index contributed by atoms with van der Waals surface area (Å²) in [4.78, 5) is 19.0. The Hall–Kier alpha value is -3.15. The second kappa shape index (κ2) is 10.6. The van der Waals surface area contributed by atoms with Crippen LogP contribution in [0.4, 0.5) is 0 Å². The highest BCUT2D eigenvalue weighted by Crippen LogP contribution is 2.23. The van der Waals surface area contributed by atoms with Gasteiger partial charge >= 0.3 is 5.97 Å². The van der Waals surface area contributed by atoms with Crippen LogP contribution in [0.25, 0.3) is 12.2 Å². The lowest BCUT2D eigenvalue weighted by Gasteiger charge is -2.08. The average Bonchev–Trinajstić information content (AvgIpc) is 2.63. The summed E-state index contributed by atoms with van der Waals surface area (Å²) in [5.41, 5.74) is 1.34. The monoisotopic (exact) mass is 342 g/mol. The van der Waals surface area contributed by atoms with Gasteiger partial charge in [-0.05, 0) is 43.3 Å². The lowest BCUT2D eigenvalue weighted by Crippen LogP contribution is -2.09. The number of ether oxygens (including phenoxy) is 2. The van der Waals surface area contributed by atoms with Crippen molar-refractivity contribution in [2.24, 2.45) is 0 Å². The summed E-state index contributed by atoms with van der Waals surface area (Å²) in [7, 11) is 0. The maximum absolute atomic E-state index is 10.4. The van der Waals surface area contributed by atoms with Gasteiger partial charge in [-0.2, -0.15) is 0 Å². The minimum absolute atomic E-state index is 0.350. The number of benzene rings is 1. The summed E-state index contributed by atoms with van der Waals surface area (Å²) in [6.07, 6.45) is 6.81. The number of hydrogen-bond acceptors (Lipinski definition) is 5. The fourth-order valence-electron chi connectivity index (χ4n) is 1.75. The van der Waals surface area contributed by atoms with E-state index in [4.69, 9.17) is 14.6 Å². The van der Waals surface area contributed by atoms with Crippen LogP contribution < -0.4 is 9.47 Å². The molecule has 0 fully saturated rings. The largest absolute Gasteiger partial charge is 0.482 e. The fourth-order valence-corrected chi connectivity index (χ4v) is 1.75. The summed E-state index contributed by atoms with van der Waals surface area (Å²) < 4.78 is 10.7. The highest BCUT2D eigenvalue weighted by Gasteiger charge is 2.05. The van der Waals surface area contributed by atoms with Crippen LogP contribution in [-0.2, 0) is 4.79 Å². The van der Waals surface area contributed by atoms with Gasteiger partial charge < -0.3 is 14.6 Å². The Labute approximate surface area is 147 Å². The first-order valence-corrected chi connectivity index (χ1v) is 7.87. The molecule has 0 radical (unpaired) electrons. The summed E-state index contributed by atoms with van der Waals surface area (Å²) in [5.74, 6) is 0.310. The van der Waals surface area contributed by atoms with Gasteiger partial charge in [0.25, 0.3) is 0 Å². The van der Waals surface area contributed by atoms with Gasteiger partial charge in [-0.25, -0.2) is 14.8 Å². The van der Waals surface area contributed by atoms with Gasteiger partial charge in [-0.15, -0.1) is 0 Å². The van der Waals surface area contributed by atoms with Gasteiger partial charge in [-0.3, -0.25) is 0 Å². The molecule has 1 heterocycles. The molecule has 0 amide bonds. The molecule has 1 N–H and O–H groups in total. The summed E-state index contributed by atoms with van der Waals surface area (Å²) in [6, 6.07) is 6.57. The van der Waals surface area contributed by atoms with Crippen LogP contribution in [-0.4, -0.2) is 27.7 Å². The molecule has 25 heavy (non-hydrogen) atoms. The van der Waals surface area contributed by atoms with Crippen molar-refractivity contribution in [3.63, 3.8) is 0 Å². The number of aliphatic carboxylic acids is 1. The first-order valence-electron chi connectivity index (χ1n) is 7.87. The van der Waals surface area contributed by atoms with Crippen LogP contribution in [0, 0.1) is 0 Å². The Morgan fingerprint density at radius 2 is 1.84 bits per heavy atom. The minimum atomic E-state index is -1.03. The summed E-state index contributed by atoms with van der Waals surface area (Å²) in [5, 5.41) is 8.56. The number of aromatic nitrogens is 2. The van der Waals surface area contributed by atoms with E-state index >= 15 is 0 Å². The van der Waals surface area contributed by atoms with E-state index < -0.39 is 5.97 Å². The zero-order chi connectivity index (χ0) is 18.7. The Morgan fingerprint density at radius 3 is 2.40 bits per heavy atom. The maximum Gasteiger partial charge on any atom is 0.341 e. The first-order chi connectivity index (χ1) is 12.1. The lowest BCUT2D eigenvalue weighted by molar-refractivity contribution is -0.139. The number of nitrogens with zero attached hydrogens (tertiary/aromatic N) is 2. The number of rotatable bonds is 7. The third kappa shape index (κ3) is 6.47. The minimum Gasteiger partial charge on any atom is -0.482 e. The predicted octanol–water partition coefficient (Wildman–Crippen LogP) is 4.43. The van der Waals surface area contributed by atoms with Crippen molar-refractivity contribution in [3.05, 3.63) is 54.5 Å². The molecule has 2 aromatic rings. The number of hydrogen-bond donors (Lipinski definition) is 1. The molecule has 0 unspecified atom stereocenters. The molecular formula is C19H22N2O4. The van der Waals surface area contributed by atoms with E-state index in [0.29, 0.717) is 28.8 Å². The Bertz CT molecular complexity index is 725. The van der Waals surface area contributed by atoms with Gasteiger partial charge in [0.1, 0.15) is 11.5 Å². The van der Waals surface area contributed by atoms with E-state index in [9.17, 15) is 4.79 Å². The Morgan fingerprint density at radius 1 is 1.20 bits per heavy atom. The van der Waals surface area contributed by atoms with Crippen LogP contribution in [0.3, 0.4) is 0 Å². The molecule has 6 heteroatoms. The molecule has 0 aliphatic heterocycles. The zero-order valence-electron chi connectivity index (χ0n) is 14.6. The molecule has 1 aromatic carbocycles. The summed E-state index contributed by atoms with van der Waals surface area (Å²) in [6.45, 7) is 9.19. The number of carbonyl (C=O) groups is 1. The molecular weight excluding hydrogens is 320 g/mol. The van der Waals surface area contributed by atoms with Crippen LogP contribution >= 0.6 is 0 Å². The van der Waals surface area contributed by atoms with E-state index in [-0.39, 0.29) is 6.61 Å². The maximum atomic E-state index is 10.4. The molecule has 0 saturated carbocycles. The fraction of sp³-hybridized carbons (Fsp3) is 0.211. The molecule has 0 atom stereocenters. The van der Waals surface area contributed by atoms with Crippen LogP contribution in [0.15, 0.2) is 43.1 Å². The second-order valence-corrected chi connectivity index (χ2v) is 4.44. The van der Waals surface area contributed by atoms with Gasteiger partial charge in [0.05, 0.1) is 17.6 Å². The smallest absolute Gasteiger partial charge is 0.341 e. The Balaban J connectivity index is 0.00000151. The third-order valence-electron chi connectivity index (χ3n) is 2.73. The van der Waals surface area contributed by atoms with Crippen molar-refractivity contribution < 1.29 is 19.4 Å². The second-order valence-electron chi connectivity index (χ2n) is 4.44. The third-order valence-corrected chi connectivity index (χ3v) is 2.73. The standard InChI is InChI=1S/C17H16N2O4.C2H6/c1-3-5-15-14(4-2)18-10-16(19-15)23-13-8-6-12(7-9-13)22-11-17(20)21;1-2/h3-10H,2,11H2,1H3,(H,20,21);1-2H3/b5-3-;. The van der Waals surface area contributed by atoms with Crippen LogP contribution in [0.1, 0.15) is 32.2 Å². The number of carboxylic acids is 1. The van der Waals surface area contributed by atoms with Crippen LogP contribution in [0.2, 0.25) is 0 Å². The van der Waals surface area contributed by atoms with E-state index in [1.165, 1.54) is 6.20 Å². The molecule has 0 aliphatic rings. The van der Waals surface area contributed by atoms with E-state index in [0.717, 1.165) is 0 Å². The molecule has 0 bridgehead atoms. The highest BCUT2D eigenvalue weighted by atomic mass is 16.5. The van der Waals surface area contributed by atoms with Crippen molar-refractivity contribution in [2.45, 2.75) is 20.8 Å². The van der Waals surface area contributed by atoms with Gasteiger partial charge in [-0.1, -0.05) is 26.5 Å². The van der Waals surface area contributed by atoms with Crippen LogP contribution in [0.5, 0.6) is 17.4 Å². The molecule has 0 aliphatic carbocycles. The molecule has 1 aromatic heterocycles. The lowest BCUT2D eigenvalue weighted by atomic mass is 10.3. The number of allylic oxidation sites excluding steroid dienone is 1. The molecule has 0 saturated heterocycles. The van der Waals surface area contributed by atoms with Gasteiger partial charge in [0.15, 0.2) is 6.61 Å². The van der Waals surface area contributed by atoms with Crippen molar-refractivity contribution >= 4 is 18.1 Å². The van der Waals surface area contributed by atoms with Crippen molar-refractivity contribution in [3.8, 4) is 17.4 Å². The first kappa shape index (κ1) is 19.9. The molecule has 132 valence electrons. The van der Waals surface area contributed by atoms with E-state index in [2.05, 4.69) is 16.5 Å². The molecule has 2 rings (SSSR count). The number of carboxylic acid groups (broad SMARTS) is 1. The quantitative estimate of drug-likeness (QED) is 0.801. The van der Waals surface area contributed by atoms with E-state index in [1.54, 1.807) is 30.3 Å². The normalized spacial score (nSPS) is 9.88. The van der Waals surface area contributed by atoms with Gasteiger partial charge in [0.2, 0.25) is 5.88 Å². The van der Waals surface area contributed by atoms with Crippen molar-refractivity contribution in [2.75, 3.05) is 6.61 Å². The molecule has 6 nitrogen and oxygen atoms in total. The van der Waals surface area contributed by atoms with Crippen molar-refractivity contribution in [1.82, 2.24) is 9.97 Å². The predicted molar refractivity (Wildman–Crippen MR) is 97.8 cm³/mol. The molecule has 0 spiro atoms. The van der Waals surface area contributed by atoms with E-state index in [1.807, 2.05) is 32.9 Å². The van der Waals surface area contributed by atoms with Gasteiger partial charge in [0, 0.05) is 0 Å². The highest BCUT2D eigenvalue weighted by molar-refractivity contribution is 5.68. The SMILES string of the molecule is C=Cc1ncc(Oc2ccc(OCC(=O)O)cc2)nc1/C=C\C.CC. The Kier molecular flexibility index (Phi) is 8.43. The van der Waals surface area contributed by atoms with Crippen molar-refractivity contribution in [1.29, 1.82) is 0 Å². The topological polar surface area (TPSA) is 81.5 Å². The average molecular weight is 342 g/mol.